The zero-order valence-corrected chi connectivity index (χ0v) is 23.2. The van der Waals surface area contributed by atoms with E-state index < -0.39 is 28.9 Å². The summed E-state index contributed by atoms with van der Waals surface area (Å²) in [6.45, 7) is 5.32. The van der Waals surface area contributed by atoms with Crippen LogP contribution < -0.4 is 21.9 Å². The topological polar surface area (TPSA) is 76.5 Å². The maximum Gasteiger partial charge on any atom is 0.331 e. The van der Waals surface area contributed by atoms with Gasteiger partial charge in [0.1, 0.15) is 17.3 Å². The number of hydrogen-bond donors (Lipinski definition) is 1. The molecule has 2 N–H and O–H groups in total. The fraction of sp³-hybridized carbons (Fsp3) is 0.484. The summed E-state index contributed by atoms with van der Waals surface area (Å²) in [6.07, 6.45) is 6.50. The van der Waals surface area contributed by atoms with E-state index in [1.54, 1.807) is 6.92 Å². The van der Waals surface area contributed by atoms with Gasteiger partial charge >= 0.3 is 5.69 Å². The van der Waals surface area contributed by atoms with Crippen LogP contribution in [0.1, 0.15) is 55.0 Å². The van der Waals surface area contributed by atoms with Crippen molar-refractivity contribution in [3.8, 4) is 0 Å². The van der Waals surface area contributed by atoms with E-state index in [0.29, 0.717) is 24.5 Å². The second-order valence-corrected chi connectivity index (χ2v) is 11.2. The van der Waals surface area contributed by atoms with Crippen LogP contribution in [0.5, 0.6) is 0 Å². The minimum Gasteiger partial charge on any atom is -0.363 e. The first-order valence-electron chi connectivity index (χ1n) is 14.4. The molecule has 3 aromatic rings. The average molecular weight is 552 g/mol. The molecule has 1 saturated carbocycles. The number of rotatable bonds is 8. The van der Waals surface area contributed by atoms with Crippen LogP contribution >= 0.6 is 0 Å². The van der Waals surface area contributed by atoms with E-state index in [1.807, 2.05) is 35.2 Å². The highest BCUT2D eigenvalue weighted by atomic mass is 19.1. The Bertz CT molecular complexity index is 1400. The Kier molecular flexibility index (Phi) is 8.81. The lowest BCUT2D eigenvalue weighted by atomic mass is 9.89. The van der Waals surface area contributed by atoms with E-state index in [2.05, 4.69) is 4.90 Å². The van der Waals surface area contributed by atoms with Crippen LogP contribution in [0.3, 0.4) is 0 Å². The number of anilines is 1. The molecule has 0 spiro atoms. The van der Waals surface area contributed by atoms with Gasteiger partial charge in [0.2, 0.25) is 0 Å². The highest BCUT2D eigenvalue weighted by Crippen LogP contribution is 2.26. The first kappa shape index (κ1) is 28.2. The van der Waals surface area contributed by atoms with Gasteiger partial charge in [-0.15, -0.1) is 0 Å². The Morgan fingerprint density at radius 2 is 1.52 bits per heavy atom. The summed E-state index contributed by atoms with van der Waals surface area (Å²) in [5.74, 6) is -0.734. The molecule has 1 aromatic heterocycles. The summed E-state index contributed by atoms with van der Waals surface area (Å²) in [4.78, 5) is 32.1. The molecule has 7 nitrogen and oxygen atoms in total. The maximum atomic E-state index is 14.6. The third-order valence-corrected chi connectivity index (χ3v) is 8.57. The zero-order valence-electron chi connectivity index (χ0n) is 23.2. The Labute approximate surface area is 233 Å². The monoisotopic (exact) mass is 551 g/mol. The largest absolute Gasteiger partial charge is 0.363 e. The first-order valence-corrected chi connectivity index (χ1v) is 14.4. The van der Waals surface area contributed by atoms with Gasteiger partial charge in [0.25, 0.3) is 5.56 Å². The average Bonchev–Trinajstić information content (AvgIpc) is 2.96. The lowest BCUT2D eigenvalue weighted by Gasteiger charge is -2.38. The van der Waals surface area contributed by atoms with E-state index in [1.165, 1.54) is 54.9 Å². The highest BCUT2D eigenvalue weighted by molar-refractivity contribution is 5.49. The second kappa shape index (κ2) is 12.5. The Balaban J connectivity index is 1.48. The van der Waals surface area contributed by atoms with Gasteiger partial charge in [-0.2, -0.15) is 0 Å². The molecule has 0 bridgehead atoms. The van der Waals surface area contributed by atoms with Gasteiger partial charge in [-0.05, 0) is 43.4 Å². The number of piperazine rings is 1. The number of hydrogen-bond acceptors (Lipinski definition) is 5. The summed E-state index contributed by atoms with van der Waals surface area (Å²) >= 11 is 0. The van der Waals surface area contributed by atoms with Gasteiger partial charge in [-0.25, -0.2) is 13.6 Å². The van der Waals surface area contributed by atoms with Crippen molar-refractivity contribution in [2.75, 3.05) is 37.6 Å². The minimum atomic E-state index is -0.733. The van der Waals surface area contributed by atoms with Crippen molar-refractivity contribution < 1.29 is 8.78 Å². The van der Waals surface area contributed by atoms with Crippen molar-refractivity contribution in [3.63, 3.8) is 0 Å². The third kappa shape index (κ3) is 6.05. The summed E-state index contributed by atoms with van der Waals surface area (Å²) in [5.41, 5.74) is 6.77. The van der Waals surface area contributed by atoms with Gasteiger partial charge < -0.3 is 10.6 Å². The molecule has 1 saturated heterocycles. The standard InChI is InChI=1S/C31H39F2N5O2/c1-22-29(36-17-15-35(16-18-36)19-23-9-4-2-5-10-23)30(39)38(21-28(34)24-11-6-3-7-12-24)31(40)37(22)20-25-26(32)13-8-14-27(25)33/h3,6-8,11-14,23,28H,2,4-5,9-10,15-21,34H2,1H3/t28-/m1/s1. The molecule has 1 atom stereocenters. The number of halogens is 2. The number of benzene rings is 2. The molecule has 0 amide bonds. The fourth-order valence-corrected chi connectivity index (χ4v) is 6.23. The molecular formula is C31H39F2N5O2. The van der Waals surface area contributed by atoms with Crippen molar-refractivity contribution in [1.29, 1.82) is 0 Å². The van der Waals surface area contributed by atoms with Gasteiger partial charge in [0.05, 0.1) is 13.1 Å². The molecule has 214 valence electrons. The van der Waals surface area contributed by atoms with Crippen LogP contribution in [0, 0.1) is 24.5 Å². The summed E-state index contributed by atoms with van der Waals surface area (Å²) in [6, 6.07) is 12.3. The number of nitrogens with zero attached hydrogens (tertiary/aromatic N) is 4. The van der Waals surface area contributed by atoms with Crippen LogP contribution in [-0.2, 0) is 13.1 Å². The van der Waals surface area contributed by atoms with Gasteiger partial charge in [-0.1, -0.05) is 55.7 Å². The van der Waals surface area contributed by atoms with Crippen molar-refractivity contribution >= 4 is 5.69 Å². The van der Waals surface area contributed by atoms with Crippen LogP contribution in [0.15, 0.2) is 58.1 Å². The van der Waals surface area contributed by atoms with Gasteiger partial charge in [0.15, 0.2) is 0 Å². The van der Waals surface area contributed by atoms with Gasteiger partial charge in [-0.3, -0.25) is 18.8 Å². The maximum absolute atomic E-state index is 14.6. The van der Waals surface area contributed by atoms with Crippen LogP contribution in [-0.4, -0.2) is 46.8 Å². The minimum absolute atomic E-state index is 0.0453. The quantitative estimate of drug-likeness (QED) is 0.457. The normalized spacial score (nSPS) is 17.8. The third-order valence-electron chi connectivity index (χ3n) is 8.57. The highest BCUT2D eigenvalue weighted by Gasteiger charge is 2.27. The molecule has 2 aromatic carbocycles. The van der Waals surface area contributed by atoms with E-state index >= 15 is 0 Å². The van der Waals surface area contributed by atoms with Gasteiger partial charge in [0, 0.05) is 50.0 Å². The van der Waals surface area contributed by atoms with E-state index in [0.717, 1.165) is 35.7 Å². The Hall–Kier alpha value is -3.30. The molecule has 40 heavy (non-hydrogen) atoms. The Morgan fingerprint density at radius 1 is 0.875 bits per heavy atom. The lowest BCUT2D eigenvalue weighted by Crippen LogP contribution is -2.52. The molecule has 0 unspecified atom stereocenters. The van der Waals surface area contributed by atoms with Crippen LogP contribution in [0.25, 0.3) is 0 Å². The smallest absolute Gasteiger partial charge is 0.331 e. The summed E-state index contributed by atoms with van der Waals surface area (Å²) in [5, 5.41) is 0. The van der Waals surface area contributed by atoms with Crippen LogP contribution in [0.2, 0.25) is 0 Å². The first-order chi connectivity index (χ1) is 19.3. The molecule has 9 heteroatoms. The number of nitrogens with two attached hydrogens (primary N) is 1. The van der Waals surface area contributed by atoms with Crippen molar-refractivity contribution in [3.05, 3.63) is 97.8 Å². The predicted molar refractivity (Wildman–Crippen MR) is 154 cm³/mol. The molecule has 2 heterocycles. The summed E-state index contributed by atoms with van der Waals surface area (Å²) < 4.78 is 31.7. The van der Waals surface area contributed by atoms with E-state index in [4.69, 9.17) is 5.73 Å². The predicted octanol–water partition coefficient (Wildman–Crippen LogP) is 4.05. The van der Waals surface area contributed by atoms with Crippen molar-refractivity contribution in [2.24, 2.45) is 11.7 Å². The molecule has 1 aliphatic carbocycles. The molecule has 0 radical (unpaired) electrons. The second-order valence-electron chi connectivity index (χ2n) is 11.2. The van der Waals surface area contributed by atoms with Crippen molar-refractivity contribution in [1.82, 2.24) is 14.0 Å². The molecule has 2 aliphatic rings. The molecular weight excluding hydrogens is 512 g/mol. The Morgan fingerprint density at radius 3 is 2.17 bits per heavy atom. The van der Waals surface area contributed by atoms with Crippen LogP contribution in [0.4, 0.5) is 14.5 Å². The van der Waals surface area contributed by atoms with Crippen molar-refractivity contribution in [2.45, 2.75) is 58.2 Å². The molecule has 1 aliphatic heterocycles. The SMILES string of the molecule is Cc1c(N2CCN(CC3CCCCC3)CC2)c(=O)n(C[C@@H](N)c2ccccc2)c(=O)n1Cc1c(F)cccc1F. The molecule has 2 fully saturated rings. The summed E-state index contributed by atoms with van der Waals surface area (Å²) in [7, 11) is 0. The fourth-order valence-electron chi connectivity index (χ4n) is 6.23. The lowest BCUT2D eigenvalue weighted by molar-refractivity contribution is 0.191. The zero-order chi connectivity index (χ0) is 28.2. The van der Waals surface area contributed by atoms with E-state index in [-0.39, 0.29) is 18.7 Å². The van der Waals surface area contributed by atoms with E-state index in [9.17, 15) is 18.4 Å². The molecule has 5 rings (SSSR count). The number of aromatic nitrogens is 2.